The van der Waals surface area contributed by atoms with E-state index in [0.29, 0.717) is 5.92 Å². The SMILES string of the molecule is Cc1csc2cc(C(C)C)[nH]c(=O)c12. The van der Waals surface area contributed by atoms with Gasteiger partial charge in [-0.05, 0) is 29.9 Å². The summed E-state index contributed by atoms with van der Waals surface area (Å²) in [6, 6.07) is 2.08. The summed E-state index contributed by atoms with van der Waals surface area (Å²) in [6.45, 7) is 6.14. The summed E-state index contributed by atoms with van der Waals surface area (Å²) in [5.41, 5.74) is 2.14. The second-order valence-electron chi connectivity index (χ2n) is 3.87. The minimum absolute atomic E-state index is 0.0463. The van der Waals surface area contributed by atoms with Crippen molar-refractivity contribution in [1.82, 2.24) is 4.98 Å². The van der Waals surface area contributed by atoms with Crippen LogP contribution in [0.4, 0.5) is 0 Å². The molecule has 2 rings (SSSR count). The Morgan fingerprint density at radius 1 is 1.43 bits per heavy atom. The van der Waals surface area contributed by atoms with Gasteiger partial charge in [0.15, 0.2) is 0 Å². The third-order valence-electron chi connectivity index (χ3n) is 2.40. The van der Waals surface area contributed by atoms with Crippen molar-refractivity contribution in [2.75, 3.05) is 0 Å². The molecule has 2 aromatic heterocycles. The molecule has 2 aromatic rings. The molecule has 0 saturated carbocycles. The van der Waals surface area contributed by atoms with Crippen molar-refractivity contribution in [1.29, 1.82) is 0 Å². The third kappa shape index (κ3) is 1.38. The van der Waals surface area contributed by atoms with Gasteiger partial charge in [-0.1, -0.05) is 13.8 Å². The van der Waals surface area contributed by atoms with Gasteiger partial charge in [0.1, 0.15) is 0 Å². The van der Waals surface area contributed by atoms with E-state index in [-0.39, 0.29) is 5.56 Å². The molecular weight excluding hydrogens is 194 g/mol. The summed E-state index contributed by atoms with van der Waals surface area (Å²) in [7, 11) is 0. The summed E-state index contributed by atoms with van der Waals surface area (Å²) in [5, 5.41) is 2.88. The van der Waals surface area contributed by atoms with Crippen molar-refractivity contribution in [2.45, 2.75) is 26.7 Å². The first-order valence-electron chi connectivity index (χ1n) is 4.70. The van der Waals surface area contributed by atoms with Gasteiger partial charge in [-0.2, -0.15) is 0 Å². The van der Waals surface area contributed by atoms with Crippen LogP contribution in [0.5, 0.6) is 0 Å². The molecule has 2 nitrogen and oxygen atoms in total. The Balaban J connectivity index is 2.81. The number of aryl methyl sites for hydroxylation is 1. The molecule has 14 heavy (non-hydrogen) atoms. The molecule has 0 aliphatic rings. The first-order valence-corrected chi connectivity index (χ1v) is 5.58. The maximum absolute atomic E-state index is 11.7. The van der Waals surface area contributed by atoms with Gasteiger partial charge in [0.2, 0.25) is 0 Å². The summed E-state index contributed by atoms with van der Waals surface area (Å²) < 4.78 is 1.09. The highest BCUT2D eigenvalue weighted by Gasteiger charge is 2.08. The van der Waals surface area contributed by atoms with Crippen molar-refractivity contribution in [3.05, 3.63) is 33.1 Å². The molecule has 0 aromatic carbocycles. The molecule has 0 atom stereocenters. The molecule has 74 valence electrons. The number of nitrogens with one attached hydrogen (secondary N) is 1. The van der Waals surface area contributed by atoms with E-state index >= 15 is 0 Å². The van der Waals surface area contributed by atoms with Gasteiger partial charge in [-0.25, -0.2) is 0 Å². The van der Waals surface area contributed by atoms with Gasteiger partial charge < -0.3 is 4.98 Å². The van der Waals surface area contributed by atoms with Crippen molar-refractivity contribution >= 4 is 21.4 Å². The summed E-state index contributed by atoms with van der Waals surface area (Å²) in [5.74, 6) is 0.370. The minimum atomic E-state index is 0.0463. The topological polar surface area (TPSA) is 32.9 Å². The summed E-state index contributed by atoms with van der Waals surface area (Å²) in [4.78, 5) is 14.7. The van der Waals surface area contributed by atoms with Gasteiger partial charge in [0.25, 0.3) is 5.56 Å². The number of H-pyrrole nitrogens is 1. The van der Waals surface area contributed by atoms with Crippen LogP contribution in [0.25, 0.3) is 10.1 Å². The molecule has 0 amide bonds. The maximum Gasteiger partial charge on any atom is 0.257 e. The lowest BCUT2D eigenvalue weighted by atomic mass is 10.1. The van der Waals surface area contributed by atoms with Crippen LogP contribution in [-0.2, 0) is 0 Å². The van der Waals surface area contributed by atoms with Crippen LogP contribution < -0.4 is 5.56 Å². The molecule has 0 aliphatic heterocycles. The number of hydrogen-bond acceptors (Lipinski definition) is 2. The molecule has 0 spiro atoms. The molecule has 1 N–H and O–H groups in total. The fraction of sp³-hybridized carbons (Fsp3) is 0.364. The Bertz CT molecular complexity index is 522. The van der Waals surface area contributed by atoms with Gasteiger partial charge >= 0.3 is 0 Å². The molecule has 0 unspecified atom stereocenters. The van der Waals surface area contributed by atoms with Crippen molar-refractivity contribution < 1.29 is 0 Å². The number of rotatable bonds is 1. The summed E-state index contributed by atoms with van der Waals surface area (Å²) >= 11 is 1.64. The Morgan fingerprint density at radius 3 is 2.79 bits per heavy atom. The van der Waals surface area contributed by atoms with E-state index < -0.39 is 0 Å². The van der Waals surface area contributed by atoms with E-state index in [4.69, 9.17) is 0 Å². The van der Waals surface area contributed by atoms with Crippen LogP contribution in [0, 0.1) is 6.92 Å². The van der Waals surface area contributed by atoms with E-state index in [1.807, 2.05) is 12.3 Å². The van der Waals surface area contributed by atoms with E-state index in [1.54, 1.807) is 11.3 Å². The predicted molar refractivity (Wildman–Crippen MR) is 61.3 cm³/mol. The van der Waals surface area contributed by atoms with Crippen LogP contribution in [0.2, 0.25) is 0 Å². The number of hydrogen-bond donors (Lipinski definition) is 1. The highest BCUT2D eigenvalue weighted by Crippen LogP contribution is 2.24. The highest BCUT2D eigenvalue weighted by atomic mass is 32.1. The zero-order chi connectivity index (χ0) is 10.3. The normalized spacial score (nSPS) is 11.4. The average Bonchev–Trinajstić information content (AvgIpc) is 2.48. The van der Waals surface area contributed by atoms with Crippen LogP contribution in [0.1, 0.15) is 31.0 Å². The standard InChI is InChI=1S/C11H13NOS/c1-6(2)8-4-9-10(11(13)12-8)7(3)5-14-9/h4-6H,1-3H3,(H,12,13). The predicted octanol–water partition coefficient (Wildman–Crippen LogP) is 3.02. The number of fused-ring (bicyclic) bond motifs is 1. The fourth-order valence-corrected chi connectivity index (χ4v) is 2.53. The zero-order valence-electron chi connectivity index (χ0n) is 8.55. The third-order valence-corrected chi connectivity index (χ3v) is 3.44. The molecular formula is C11H13NOS. The molecule has 0 bridgehead atoms. The lowest BCUT2D eigenvalue weighted by molar-refractivity contribution is 0.820. The van der Waals surface area contributed by atoms with Crippen LogP contribution in [0.3, 0.4) is 0 Å². The molecule has 0 aliphatic carbocycles. The van der Waals surface area contributed by atoms with Crippen LogP contribution in [0.15, 0.2) is 16.2 Å². The molecule has 3 heteroatoms. The first-order chi connectivity index (χ1) is 6.59. The zero-order valence-corrected chi connectivity index (χ0v) is 9.37. The van der Waals surface area contributed by atoms with Gasteiger partial charge in [-0.15, -0.1) is 11.3 Å². The number of thiophene rings is 1. The molecule has 0 radical (unpaired) electrons. The van der Waals surface area contributed by atoms with E-state index in [2.05, 4.69) is 24.9 Å². The second kappa shape index (κ2) is 3.24. The van der Waals surface area contributed by atoms with Crippen molar-refractivity contribution in [3.8, 4) is 0 Å². The molecule has 0 fully saturated rings. The van der Waals surface area contributed by atoms with Crippen LogP contribution in [-0.4, -0.2) is 4.98 Å². The quantitative estimate of drug-likeness (QED) is 0.766. The lowest BCUT2D eigenvalue weighted by Crippen LogP contribution is -2.09. The van der Waals surface area contributed by atoms with E-state index in [9.17, 15) is 4.79 Å². The largest absolute Gasteiger partial charge is 0.325 e. The van der Waals surface area contributed by atoms with Crippen LogP contribution >= 0.6 is 11.3 Å². The molecule has 0 saturated heterocycles. The first kappa shape index (κ1) is 9.46. The number of aromatic amines is 1. The smallest absolute Gasteiger partial charge is 0.257 e. The lowest BCUT2D eigenvalue weighted by Gasteiger charge is -2.04. The minimum Gasteiger partial charge on any atom is -0.325 e. The van der Waals surface area contributed by atoms with E-state index in [1.165, 1.54) is 0 Å². The monoisotopic (exact) mass is 207 g/mol. The summed E-state index contributed by atoms with van der Waals surface area (Å²) in [6.07, 6.45) is 0. The Kier molecular flexibility index (Phi) is 2.19. The highest BCUT2D eigenvalue weighted by molar-refractivity contribution is 7.17. The Labute approximate surface area is 86.6 Å². The average molecular weight is 207 g/mol. The number of pyridine rings is 1. The van der Waals surface area contributed by atoms with E-state index in [0.717, 1.165) is 21.3 Å². The van der Waals surface area contributed by atoms with Crippen molar-refractivity contribution in [2.24, 2.45) is 0 Å². The van der Waals surface area contributed by atoms with Gasteiger partial charge in [-0.3, -0.25) is 4.79 Å². The fourth-order valence-electron chi connectivity index (χ4n) is 1.54. The Morgan fingerprint density at radius 2 is 2.14 bits per heavy atom. The molecule has 2 heterocycles. The second-order valence-corrected chi connectivity index (χ2v) is 4.78. The van der Waals surface area contributed by atoms with Gasteiger partial charge in [0.05, 0.1) is 5.39 Å². The Hall–Kier alpha value is -1.09. The van der Waals surface area contributed by atoms with Gasteiger partial charge in [0, 0.05) is 10.4 Å². The van der Waals surface area contributed by atoms with Crippen molar-refractivity contribution in [3.63, 3.8) is 0 Å². The number of aromatic nitrogens is 1. The maximum atomic E-state index is 11.7.